The zero-order chi connectivity index (χ0) is 58.0. The van der Waals surface area contributed by atoms with Gasteiger partial charge in [-0.15, -0.1) is 0 Å². The minimum atomic E-state index is -0.593. The van der Waals surface area contributed by atoms with Gasteiger partial charge in [-0.2, -0.15) is 0 Å². The average molecular weight is 1130 g/mol. The zero-order valence-corrected chi connectivity index (χ0v) is 49.0. The molecule has 4 fully saturated rings. The van der Waals surface area contributed by atoms with Crippen LogP contribution in [0.1, 0.15) is 129 Å². The Kier molecular flexibility index (Phi) is 22.1. The first kappa shape index (κ1) is 61.0. The number of nitrogens with zero attached hydrogens (tertiary/aromatic N) is 4. The average Bonchev–Trinajstić information content (AvgIpc) is 3.63. The maximum Gasteiger partial charge on any atom is 0.411 e. The van der Waals surface area contributed by atoms with Crippen molar-refractivity contribution in [2.75, 3.05) is 53.5 Å². The van der Waals surface area contributed by atoms with Gasteiger partial charge in [0.05, 0.1) is 26.1 Å². The summed E-state index contributed by atoms with van der Waals surface area (Å²) in [5.74, 6) is -0.525. The Balaban J connectivity index is 0.000000173. The first-order chi connectivity index (χ1) is 39.7. The molecule has 4 aliphatic rings. The first-order valence-electron chi connectivity index (χ1n) is 29.2. The van der Waals surface area contributed by atoms with E-state index in [4.69, 9.17) is 25.8 Å². The van der Waals surface area contributed by atoms with Gasteiger partial charge in [0.2, 0.25) is 11.1 Å². The highest BCUT2D eigenvalue weighted by atomic mass is 35.5. The lowest BCUT2D eigenvalue weighted by molar-refractivity contribution is -0.156. The van der Waals surface area contributed by atoms with Crippen molar-refractivity contribution in [1.29, 1.82) is 0 Å². The van der Waals surface area contributed by atoms with Crippen molar-refractivity contribution in [3.63, 3.8) is 0 Å². The van der Waals surface area contributed by atoms with Gasteiger partial charge in [0, 0.05) is 38.3 Å². The molecule has 82 heavy (non-hydrogen) atoms. The van der Waals surface area contributed by atoms with Gasteiger partial charge in [-0.25, -0.2) is 14.4 Å². The number of hydrogen-bond acceptors (Lipinski definition) is 10. The molecule has 4 saturated heterocycles. The molecule has 2 amide bonds. The smallest absolute Gasteiger partial charge is 0.411 e. The molecule has 4 aliphatic heterocycles. The Morgan fingerprint density at radius 2 is 0.805 bits per heavy atom. The van der Waals surface area contributed by atoms with E-state index in [-0.39, 0.29) is 41.1 Å². The maximum atomic E-state index is 14.2. The van der Waals surface area contributed by atoms with E-state index < -0.39 is 29.7 Å². The van der Waals surface area contributed by atoms with Crippen molar-refractivity contribution in [2.45, 2.75) is 126 Å². The molecular weight excluding hydrogens is 1050 g/mol. The quantitative estimate of drug-likeness (QED) is 0.0664. The van der Waals surface area contributed by atoms with Crippen molar-refractivity contribution in [1.82, 2.24) is 19.6 Å². The molecule has 6 aromatic rings. The van der Waals surface area contributed by atoms with Gasteiger partial charge in [0.15, 0.2) is 0 Å². The van der Waals surface area contributed by atoms with Gasteiger partial charge < -0.3 is 19.1 Å². The number of hydrogen-bond donors (Lipinski definition) is 0. The van der Waals surface area contributed by atoms with Crippen LogP contribution >= 0.6 is 11.6 Å². The number of carbonyl (C=O) groups is 5. The Hall–Kier alpha value is -7.12. The summed E-state index contributed by atoms with van der Waals surface area (Å²) in [6.45, 7) is 10.6. The number of likely N-dealkylation sites (tertiary alicyclic amines) is 4. The molecular formula is C69H81ClN4O8. The Labute approximate surface area is 490 Å². The lowest BCUT2D eigenvalue weighted by atomic mass is 9.86. The number of methoxy groups -OCH3 is 2. The lowest BCUT2D eigenvalue weighted by Crippen LogP contribution is -2.57. The molecule has 0 radical (unpaired) electrons. The Morgan fingerprint density at radius 1 is 0.463 bits per heavy atom. The van der Waals surface area contributed by atoms with Gasteiger partial charge in [-0.3, -0.25) is 24.3 Å². The summed E-state index contributed by atoms with van der Waals surface area (Å²) < 4.78 is 15.8. The molecule has 10 rings (SSSR count). The van der Waals surface area contributed by atoms with Crippen LogP contribution in [0.2, 0.25) is 0 Å². The SMILES string of the molecule is COC(=O)[C@@H]1C[C@@H](N2CCC[C@H](c3ccccc3)C2)CCN1C(=O)C(c1ccccc1)c1ccccc1.COC(=O)[C@@H]1C[C@@H](N2CCC[C@H](c3ccccc3)C2)CCN1C(=O)OC(C)(C)C.O=C(Cl)C(c1ccccc1)c1ccccc1. The molecule has 6 atom stereocenters. The van der Waals surface area contributed by atoms with Crippen LogP contribution in [0.15, 0.2) is 182 Å². The van der Waals surface area contributed by atoms with E-state index in [2.05, 4.69) is 70.5 Å². The summed E-state index contributed by atoms with van der Waals surface area (Å²) in [5, 5.41) is -0.350. The number of halogens is 1. The van der Waals surface area contributed by atoms with Crippen LogP contribution in [0.3, 0.4) is 0 Å². The molecule has 4 heterocycles. The van der Waals surface area contributed by atoms with E-state index in [1.54, 1.807) is 9.80 Å². The first-order valence-corrected chi connectivity index (χ1v) is 29.5. The summed E-state index contributed by atoms with van der Waals surface area (Å²) in [5.41, 5.74) is 5.90. The van der Waals surface area contributed by atoms with Crippen LogP contribution in [-0.4, -0.2) is 132 Å². The molecule has 0 saturated carbocycles. The number of esters is 2. The normalized spacial score (nSPS) is 21.4. The summed E-state index contributed by atoms with van der Waals surface area (Å²) in [4.78, 5) is 72.2. The van der Waals surface area contributed by atoms with Crippen molar-refractivity contribution < 1.29 is 38.2 Å². The number of benzene rings is 6. The van der Waals surface area contributed by atoms with Crippen molar-refractivity contribution in [3.05, 3.63) is 215 Å². The highest BCUT2D eigenvalue weighted by molar-refractivity contribution is 6.65. The number of ether oxygens (including phenoxy) is 3. The van der Waals surface area contributed by atoms with Gasteiger partial charge >= 0.3 is 18.0 Å². The second-order valence-electron chi connectivity index (χ2n) is 22.9. The fraction of sp³-hybridized carbons (Fsp3) is 0.406. The third-order valence-corrected chi connectivity index (χ3v) is 16.7. The van der Waals surface area contributed by atoms with Crippen LogP contribution in [0.25, 0.3) is 0 Å². The predicted octanol–water partition coefficient (Wildman–Crippen LogP) is 12.6. The fourth-order valence-electron chi connectivity index (χ4n) is 12.4. The molecule has 432 valence electrons. The predicted molar refractivity (Wildman–Crippen MR) is 323 cm³/mol. The standard InChI is InChI=1S/C32H36N2O3.C23H34N2O4.C14H11ClO/c1-37-32(36)29-22-28(33-20-11-18-27(23-33)24-12-5-2-6-13-24)19-21-34(29)31(35)30(25-14-7-3-8-15-25)26-16-9-4-10-17-26;1-23(2,3)29-22(27)25-14-12-19(15-20(25)21(26)28-4)24-13-8-11-18(16-24)17-9-6-5-7-10-17;15-14(16)13(11-7-3-1-4-8-11)12-9-5-2-6-10-12/h2-10,12-17,27-30H,11,18-23H2,1H3;5-7,9-10,18-20H,8,11-16H2,1-4H3;1-10,13H/t27-,28-,29-;18-,19-,20-;/m00./s1. The van der Waals surface area contributed by atoms with Gasteiger partial charge in [-0.1, -0.05) is 182 Å². The Bertz CT molecular complexity index is 2870. The molecule has 12 nitrogen and oxygen atoms in total. The topological polar surface area (TPSA) is 126 Å². The minimum absolute atomic E-state index is 0.0351. The van der Waals surface area contributed by atoms with E-state index in [0.29, 0.717) is 37.8 Å². The van der Waals surface area contributed by atoms with Crippen molar-refractivity contribution >= 4 is 40.8 Å². The van der Waals surface area contributed by atoms with Crippen molar-refractivity contribution in [2.24, 2.45) is 0 Å². The van der Waals surface area contributed by atoms with E-state index in [9.17, 15) is 24.0 Å². The van der Waals surface area contributed by atoms with E-state index >= 15 is 0 Å². The number of amides is 2. The summed E-state index contributed by atoms with van der Waals surface area (Å²) >= 11 is 5.67. The highest BCUT2D eigenvalue weighted by Gasteiger charge is 2.44. The molecule has 0 aliphatic carbocycles. The number of piperidine rings is 4. The molecule has 0 aromatic heterocycles. The highest BCUT2D eigenvalue weighted by Crippen LogP contribution is 2.36. The van der Waals surface area contributed by atoms with Gasteiger partial charge in [-0.05, 0) is 142 Å². The fourth-order valence-corrected chi connectivity index (χ4v) is 12.7. The molecule has 0 N–H and O–H groups in total. The largest absolute Gasteiger partial charge is 0.467 e. The van der Waals surface area contributed by atoms with E-state index in [1.807, 2.05) is 142 Å². The lowest BCUT2D eigenvalue weighted by Gasteiger charge is -2.45. The molecule has 13 heteroatoms. The van der Waals surface area contributed by atoms with Crippen LogP contribution in [0.4, 0.5) is 4.79 Å². The summed E-state index contributed by atoms with van der Waals surface area (Å²) in [7, 11) is 2.80. The molecule has 0 bridgehead atoms. The van der Waals surface area contributed by atoms with E-state index in [0.717, 1.165) is 74.1 Å². The second-order valence-corrected chi connectivity index (χ2v) is 23.3. The van der Waals surface area contributed by atoms with Crippen molar-refractivity contribution in [3.8, 4) is 0 Å². The monoisotopic (exact) mass is 1130 g/mol. The minimum Gasteiger partial charge on any atom is -0.467 e. The summed E-state index contributed by atoms with van der Waals surface area (Å²) in [6.07, 6.45) is 7.13. The molecule has 6 aromatic carbocycles. The van der Waals surface area contributed by atoms with Crippen LogP contribution in [0, 0.1) is 0 Å². The molecule has 0 spiro atoms. The number of rotatable bonds is 12. The zero-order valence-electron chi connectivity index (χ0n) is 48.3. The Morgan fingerprint density at radius 3 is 1.16 bits per heavy atom. The van der Waals surface area contributed by atoms with Crippen LogP contribution in [0.5, 0.6) is 0 Å². The maximum absolute atomic E-state index is 14.2. The van der Waals surface area contributed by atoms with Gasteiger partial charge in [0.25, 0.3) is 0 Å². The molecule has 0 unspecified atom stereocenters. The third kappa shape index (κ3) is 16.3. The van der Waals surface area contributed by atoms with Crippen LogP contribution < -0.4 is 0 Å². The van der Waals surface area contributed by atoms with Crippen LogP contribution in [-0.2, 0) is 33.4 Å². The van der Waals surface area contributed by atoms with E-state index in [1.165, 1.54) is 38.2 Å². The van der Waals surface area contributed by atoms with Gasteiger partial charge in [0.1, 0.15) is 17.7 Å². The third-order valence-electron chi connectivity index (χ3n) is 16.5. The summed E-state index contributed by atoms with van der Waals surface area (Å²) in [6, 6.07) is 59.6. The number of carbonyl (C=O) groups excluding carboxylic acids is 5. The second kappa shape index (κ2) is 29.7.